The molecule has 0 unspecified atom stereocenters. The molecule has 0 amide bonds. The van der Waals surface area contributed by atoms with Gasteiger partial charge in [-0.1, -0.05) is 6.92 Å². The summed E-state index contributed by atoms with van der Waals surface area (Å²) in [4.78, 5) is 8.90. The van der Waals surface area contributed by atoms with E-state index >= 15 is 0 Å². The van der Waals surface area contributed by atoms with Gasteiger partial charge in [-0.3, -0.25) is 4.98 Å². The van der Waals surface area contributed by atoms with Gasteiger partial charge in [0.05, 0.1) is 35.1 Å². The number of methoxy groups -OCH3 is 1. The SMILES string of the molecule is CCS(=O)(=O)c1cncc(-c2cc(C3CCC(O)CC3)n3nc(N[C@@H](C)COC)ncc23)c1. The summed E-state index contributed by atoms with van der Waals surface area (Å²) in [5, 5.41) is 18.0. The largest absolute Gasteiger partial charge is 0.393 e. The molecule has 1 aliphatic rings. The molecule has 3 aromatic rings. The van der Waals surface area contributed by atoms with Crippen LogP contribution in [0.1, 0.15) is 51.1 Å². The number of ether oxygens (including phenoxy) is 1. The Morgan fingerprint density at radius 3 is 2.67 bits per heavy atom. The van der Waals surface area contributed by atoms with E-state index in [1.807, 2.05) is 11.4 Å². The van der Waals surface area contributed by atoms with Gasteiger partial charge in [0, 0.05) is 48.3 Å². The summed E-state index contributed by atoms with van der Waals surface area (Å²) >= 11 is 0. The number of aliphatic hydroxyl groups excluding tert-OH is 1. The maximum Gasteiger partial charge on any atom is 0.241 e. The van der Waals surface area contributed by atoms with Crippen molar-refractivity contribution >= 4 is 21.3 Å². The van der Waals surface area contributed by atoms with Gasteiger partial charge in [-0.15, -0.1) is 5.10 Å². The van der Waals surface area contributed by atoms with Gasteiger partial charge in [-0.2, -0.15) is 0 Å². The third-order valence-corrected chi connectivity index (χ3v) is 7.92. The van der Waals surface area contributed by atoms with Crippen LogP contribution in [-0.4, -0.2) is 64.7 Å². The van der Waals surface area contributed by atoms with E-state index in [9.17, 15) is 13.5 Å². The second-order valence-electron chi connectivity index (χ2n) is 8.68. The molecular formula is C23H31N5O4S. The van der Waals surface area contributed by atoms with Gasteiger partial charge < -0.3 is 15.2 Å². The van der Waals surface area contributed by atoms with Crippen LogP contribution in [0.5, 0.6) is 0 Å². The number of fused-ring (bicyclic) bond motifs is 1. The molecule has 1 aliphatic carbocycles. The zero-order valence-corrected chi connectivity index (χ0v) is 20.0. The van der Waals surface area contributed by atoms with Crippen LogP contribution in [0.3, 0.4) is 0 Å². The highest BCUT2D eigenvalue weighted by Gasteiger charge is 2.26. The number of nitrogens with zero attached hydrogens (tertiary/aromatic N) is 4. The lowest BCUT2D eigenvalue weighted by atomic mass is 9.85. The highest BCUT2D eigenvalue weighted by Crippen LogP contribution is 2.37. The van der Waals surface area contributed by atoms with Crippen molar-refractivity contribution in [2.75, 3.05) is 24.8 Å². The lowest BCUT2D eigenvalue weighted by molar-refractivity contribution is 0.121. The van der Waals surface area contributed by atoms with Crippen LogP contribution in [0.15, 0.2) is 35.6 Å². The van der Waals surface area contributed by atoms with Crippen molar-refractivity contribution in [2.45, 2.75) is 62.5 Å². The number of sulfone groups is 1. The lowest BCUT2D eigenvalue weighted by Gasteiger charge is -2.25. The molecule has 4 rings (SSSR count). The zero-order chi connectivity index (χ0) is 23.6. The van der Waals surface area contributed by atoms with Crippen LogP contribution in [0.2, 0.25) is 0 Å². The Labute approximate surface area is 194 Å². The maximum atomic E-state index is 12.4. The highest BCUT2D eigenvalue weighted by molar-refractivity contribution is 7.91. The number of rotatable bonds is 8. The van der Waals surface area contributed by atoms with Gasteiger partial charge >= 0.3 is 0 Å². The van der Waals surface area contributed by atoms with Gasteiger partial charge in [0.25, 0.3) is 0 Å². The highest BCUT2D eigenvalue weighted by atomic mass is 32.2. The second kappa shape index (κ2) is 9.74. The van der Waals surface area contributed by atoms with E-state index in [0.29, 0.717) is 18.1 Å². The average molecular weight is 474 g/mol. The van der Waals surface area contributed by atoms with Crippen molar-refractivity contribution in [1.29, 1.82) is 0 Å². The van der Waals surface area contributed by atoms with Gasteiger partial charge in [-0.05, 0) is 44.7 Å². The van der Waals surface area contributed by atoms with E-state index in [1.54, 1.807) is 32.5 Å². The van der Waals surface area contributed by atoms with Crippen molar-refractivity contribution in [3.05, 3.63) is 36.4 Å². The molecule has 0 aromatic carbocycles. The molecule has 33 heavy (non-hydrogen) atoms. The smallest absolute Gasteiger partial charge is 0.241 e. The van der Waals surface area contributed by atoms with Crippen molar-refractivity contribution in [3.8, 4) is 11.1 Å². The summed E-state index contributed by atoms with van der Waals surface area (Å²) in [6.07, 6.45) is 7.79. The number of anilines is 1. The predicted molar refractivity (Wildman–Crippen MR) is 126 cm³/mol. The molecule has 1 atom stereocenters. The molecule has 10 heteroatoms. The number of hydrogen-bond donors (Lipinski definition) is 2. The topological polar surface area (TPSA) is 119 Å². The van der Waals surface area contributed by atoms with E-state index in [1.165, 1.54) is 6.20 Å². The maximum absolute atomic E-state index is 12.4. The summed E-state index contributed by atoms with van der Waals surface area (Å²) in [6, 6.07) is 3.77. The van der Waals surface area contributed by atoms with Crippen LogP contribution in [0.4, 0.5) is 5.95 Å². The van der Waals surface area contributed by atoms with Gasteiger partial charge in [-0.25, -0.2) is 17.9 Å². The predicted octanol–water partition coefficient (Wildman–Crippen LogP) is 3.05. The first-order valence-corrected chi connectivity index (χ1v) is 13.0. The molecular weight excluding hydrogens is 442 g/mol. The molecule has 0 saturated heterocycles. The normalized spacial score (nSPS) is 20.1. The Morgan fingerprint density at radius 2 is 1.97 bits per heavy atom. The summed E-state index contributed by atoms with van der Waals surface area (Å²) in [7, 11) is -1.73. The molecule has 1 fully saturated rings. The third-order valence-electron chi connectivity index (χ3n) is 6.22. The first-order valence-electron chi connectivity index (χ1n) is 11.3. The van der Waals surface area contributed by atoms with E-state index in [4.69, 9.17) is 9.84 Å². The van der Waals surface area contributed by atoms with E-state index < -0.39 is 9.84 Å². The third kappa shape index (κ3) is 5.02. The monoisotopic (exact) mass is 473 g/mol. The average Bonchev–Trinajstić information content (AvgIpc) is 3.18. The first-order chi connectivity index (χ1) is 15.8. The lowest BCUT2D eigenvalue weighted by Crippen LogP contribution is -2.23. The summed E-state index contributed by atoms with van der Waals surface area (Å²) in [6.45, 7) is 4.14. The van der Waals surface area contributed by atoms with Crippen molar-refractivity contribution in [3.63, 3.8) is 0 Å². The minimum Gasteiger partial charge on any atom is -0.393 e. The molecule has 3 heterocycles. The Balaban J connectivity index is 1.81. The zero-order valence-electron chi connectivity index (χ0n) is 19.2. The summed E-state index contributed by atoms with van der Waals surface area (Å²) in [5.74, 6) is 0.748. The Hall–Kier alpha value is -2.56. The van der Waals surface area contributed by atoms with Gasteiger partial charge in [0.2, 0.25) is 5.95 Å². The fourth-order valence-corrected chi connectivity index (χ4v) is 5.25. The second-order valence-corrected chi connectivity index (χ2v) is 11.0. The van der Waals surface area contributed by atoms with Crippen molar-refractivity contribution in [2.24, 2.45) is 0 Å². The van der Waals surface area contributed by atoms with E-state index in [2.05, 4.69) is 21.4 Å². The first kappa shape index (κ1) is 23.6. The van der Waals surface area contributed by atoms with Gasteiger partial charge in [0.15, 0.2) is 9.84 Å². The van der Waals surface area contributed by atoms with Crippen molar-refractivity contribution in [1.82, 2.24) is 19.6 Å². The van der Waals surface area contributed by atoms with Gasteiger partial charge in [0.1, 0.15) is 0 Å². The minimum absolute atomic E-state index is 0.0160. The molecule has 3 aromatic heterocycles. The molecule has 0 bridgehead atoms. The molecule has 0 radical (unpaired) electrons. The van der Waals surface area contributed by atoms with Crippen LogP contribution in [0, 0.1) is 0 Å². The number of hydrogen-bond acceptors (Lipinski definition) is 8. The molecule has 1 saturated carbocycles. The van der Waals surface area contributed by atoms with E-state index in [0.717, 1.165) is 42.5 Å². The number of nitrogens with one attached hydrogen (secondary N) is 1. The fraction of sp³-hybridized carbons (Fsp3) is 0.522. The standard InChI is InChI=1S/C23H31N5O4S/c1-4-33(30,31)19-9-17(11-24-12-19)20-10-21(16-5-7-18(29)8-6-16)28-22(20)13-25-23(27-28)26-15(2)14-32-3/h9-13,15-16,18,29H,4-8,14H2,1-3H3,(H,26,27)/t15-,16?,18?/m0/s1. The molecule has 178 valence electrons. The fourth-order valence-electron chi connectivity index (χ4n) is 4.39. The Kier molecular flexibility index (Phi) is 6.96. The molecule has 0 aliphatic heterocycles. The van der Waals surface area contributed by atoms with Crippen LogP contribution >= 0.6 is 0 Å². The minimum atomic E-state index is -3.38. The molecule has 2 N–H and O–H groups in total. The number of aliphatic hydroxyl groups is 1. The quantitative estimate of drug-likeness (QED) is 0.512. The molecule has 9 nitrogen and oxygen atoms in total. The number of aromatic nitrogens is 4. The summed E-state index contributed by atoms with van der Waals surface area (Å²) in [5.41, 5.74) is 3.36. The van der Waals surface area contributed by atoms with Crippen LogP contribution in [0.25, 0.3) is 16.6 Å². The Bertz CT molecular complexity index is 1220. The Morgan fingerprint density at radius 1 is 1.21 bits per heavy atom. The molecule has 0 spiro atoms. The van der Waals surface area contributed by atoms with Crippen LogP contribution in [-0.2, 0) is 14.6 Å². The van der Waals surface area contributed by atoms with Crippen LogP contribution < -0.4 is 5.32 Å². The summed E-state index contributed by atoms with van der Waals surface area (Å²) < 4.78 is 31.9. The van der Waals surface area contributed by atoms with Crippen molar-refractivity contribution < 1.29 is 18.3 Å². The number of pyridine rings is 1. The van der Waals surface area contributed by atoms with E-state index in [-0.39, 0.29) is 28.7 Å².